The molecule has 0 amide bonds. The Hall–Kier alpha value is -7.09. The summed E-state index contributed by atoms with van der Waals surface area (Å²) >= 11 is 0. The molecule has 2 aromatic heterocycles. The molecule has 0 bridgehead atoms. The minimum absolute atomic E-state index is 0.225. The van der Waals surface area contributed by atoms with E-state index in [1.54, 1.807) is 0 Å². The fourth-order valence-corrected chi connectivity index (χ4v) is 8.47. The van der Waals surface area contributed by atoms with E-state index < -0.39 is 0 Å². The van der Waals surface area contributed by atoms with Crippen molar-refractivity contribution in [2.45, 2.75) is 19.3 Å². The molecular formula is C50H34N4. The molecule has 10 rings (SSSR count). The normalized spacial score (nSPS) is 12.8. The van der Waals surface area contributed by atoms with Gasteiger partial charge in [0.25, 0.3) is 0 Å². The predicted octanol–water partition coefficient (Wildman–Crippen LogP) is 12.4. The van der Waals surface area contributed by atoms with Crippen molar-refractivity contribution in [1.82, 2.24) is 14.5 Å². The Balaban J connectivity index is 1.30. The van der Waals surface area contributed by atoms with Crippen LogP contribution in [0, 0.1) is 11.3 Å². The van der Waals surface area contributed by atoms with Crippen molar-refractivity contribution in [1.29, 1.82) is 5.26 Å². The van der Waals surface area contributed by atoms with Gasteiger partial charge in [0.15, 0.2) is 5.82 Å². The molecule has 0 saturated heterocycles. The average Bonchev–Trinajstić information content (AvgIpc) is 3.69. The lowest BCUT2D eigenvalue weighted by Crippen LogP contribution is -2.16. The molecule has 4 nitrogen and oxygen atoms in total. The van der Waals surface area contributed by atoms with Crippen molar-refractivity contribution in [2.75, 3.05) is 0 Å². The number of benzene rings is 7. The van der Waals surface area contributed by atoms with Crippen molar-refractivity contribution in [2.24, 2.45) is 0 Å². The quantitative estimate of drug-likeness (QED) is 0.181. The molecule has 7 aromatic carbocycles. The Labute approximate surface area is 314 Å². The molecule has 0 unspecified atom stereocenters. The number of hydrogen-bond acceptors (Lipinski definition) is 3. The van der Waals surface area contributed by atoms with E-state index in [9.17, 15) is 5.26 Å². The highest BCUT2D eigenvalue weighted by atomic mass is 15.0. The van der Waals surface area contributed by atoms with E-state index in [1.807, 2.05) is 54.6 Å². The first kappa shape index (κ1) is 31.6. The average molecular weight is 691 g/mol. The third-order valence-corrected chi connectivity index (χ3v) is 11.0. The van der Waals surface area contributed by atoms with Crippen molar-refractivity contribution < 1.29 is 0 Å². The highest BCUT2D eigenvalue weighted by molar-refractivity contribution is 6.13. The standard InChI is InChI=1S/C50H34N4/c1-50(2)43-22-11-9-20-39(43)41-24-25-42-40-21-10-12-23-46(40)54(48(42)47(41)50)38-28-36(35-19-13-14-32(26-35)31-51)27-37(29-38)49-52-44(33-15-5-3-6-16-33)30-45(53-49)34-17-7-4-8-18-34/h3-30H,1-2H3. The number of nitriles is 1. The van der Waals surface area contributed by atoms with Crippen LogP contribution in [-0.2, 0) is 5.41 Å². The van der Waals surface area contributed by atoms with Gasteiger partial charge in [0.05, 0.1) is 34.1 Å². The number of para-hydroxylation sites is 1. The first-order valence-electron chi connectivity index (χ1n) is 18.3. The molecule has 54 heavy (non-hydrogen) atoms. The minimum Gasteiger partial charge on any atom is -0.309 e. The Morgan fingerprint density at radius 2 is 1.17 bits per heavy atom. The summed E-state index contributed by atoms with van der Waals surface area (Å²) in [5.41, 5.74) is 15.5. The van der Waals surface area contributed by atoms with Crippen LogP contribution in [0.1, 0.15) is 30.5 Å². The molecule has 4 heteroatoms. The molecule has 254 valence electrons. The van der Waals surface area contributed by atoms with Gasteiger partial charge in [0.2, 0.25) is 0 Å². The molecule has 0 atom stereocenters. The molecule has 0 N–H and O–H groups in total. The van der Waals surface area contributed by atoms with Crippen LogP contribution < -0.4 is 0 Å². The van der Waals surface area contributed by atoms with Gasteiger partial charge in [0, 0.05) is 38.6 Å². The van der Waals surface area contributed by atoms with Crippen molar-refractivity contribution in [3.63, 3.8) is 0 Å². The van der Waals surface area contributed by atoms with E-state index in [0.29, 0.717) is 11.4 Å². The van der Waals surface area contributed by atoms with Gasteiger partial charge in [-0.15, -0.1) is 0 Å². The van der Waals surface area contributed by atoms with E-state index in [-0.39, 0.29) is 5.41 Å². The summed E-state index contributed by atoms with van der Waals surface area (Å²) < 4.78 is 2.44. The number of hydrogen-bond donors (Lipinski definition) is 0. The Kier molecular flexibility index (Phi) is 7.18. The molecule has 9 aromatic rings. The monoisotopic (exact) mass is 690 g/mol. The second kappa shape index (κ2) is 12.3. The van der Waals surface area contributed by atoms with Gasteiger partial charge in [-0.2, -0.15) is 5.26 Å². The Morgan fingerprint density at radius 3 is 1.91 bits per heavy atom. The van der Waals surface area contributed by atoms with Crippen LogP contribution in [0.25, 0.3) is 83.6 Å². The lowest BCUT2D eigenvalue weighted by molar-refractivity contribution is 0.664. The van der Waals surface area contributed by atoms with Gasteiger partial charge in [-0.3, -0.25) is 0 Å². The number of fused-ring (bicyclic) bond motifs is 7. The van der Waals surface area contributed by atoms with Gasteiger partial charge in [-0.05, 0) is 75.8 Å². The number of aromatic nitrogens is 3. The Morgan fingerprint density at radius 1 is 0.519 bits per heavy atom. The maximum atomic E-state index is 9.90. The molecule has 2 heterocycles. The van der Waals surface area contributed by atoms with Gasteiger partial charge >= 0.3 is 0 Å². The number of rotatable bonds is 5. The third kappa shape index (κ3) is 4.98. The second-order valence-corrected chi connectivity index (χ2v) is 14.6. The maximum Gasteiger partial charge on any atom is 0.160 e. The lowest BCUT2D eigenvalue weighted by atomic mass is 9.81. The summed E-state index contributed by atoms with van der Waals surface area (Å²) in [5, 5.41) is 12.3. The highest BCUT2D eigenvalue weighted by Crippen LogP contribution is 2.53. The summed E-state index contributed by atoms with van der Waals surface area (Å²) in [7, 11) is 0. The van der Waals surface area contributed by atoms with Crippen molar-refractivity contribution in [3.05, 3.63) is 187 Å². The van der Waals surface area contributed by atoms with Crippen LogP contribution in [0.15, 0.2) is 170 Å². The summed E-state index contributed by atoms with van der Waals surface area (Å²) in [5.74, 6) is 0.633. The van der Waals surface area contributed by atoms with Crippen LogP contribution in [0.5, 0.6) is 0 Å². The smallest absolute Gasteiger partial charge is 0.160 e. The minimum atomic E-state index is -0.225. The van der Waals surface area contributed by atoms with Crippen LogP contribution in [0.3, 0.4) is 0 Å². The van der Waals surface area contributed by atoms with Gasteiger partial charge in [-0.1, -0.05) is 141 Å². The van der Waals surface area contributed by atoms with Crippen LogP contribution in [0.4, 0.5) is 0 Å². The predicted molar refractivity (Wildman–Crippen MR) is 220 cm³/mol. The third-order valence-electron chi connectivity index (χ3n) is 11.0. The molecular weight excluding hydrogens is 657 g/mol. The van der Waals surface area contributed by atoms with E-state index >= 15 is 0 Å². The summed E-state index contributed by atoms with van der Waals surface area (Å²) in [6.45, 7) is 4.70. The Bertz CT molecular complexity index is 2910. The maximum absolute atomic E-state index is 9.90. The molecule has 0 aliphatic heterocycles. The van der Waals surface area contributed by atoms with Crippen LogP contribution >= 0.6 is 0 Å². The zero-order valence-corrected chi connectivity index (χ0v) is 30.0. The molecule has 1 aliphatic carbocycles. The zero-order chi connectivity index (χ0) is 36.4. The first-order valence-corrected chi connectivity index (χ1v) is 18.3. The molecule has 0 spiro atoms. The molecule has 0 fully saturated rings. The molecule has 1 aliphatic rings. The van der Waals surface area contributed by atoms with Gasteiger partial charge in [0.1, 0.15) is 0 Å². The fraction of sp³-hybridized carbons (Fsp3) is 0.0600. The fourth-order valence-electron chi connectivity index (χ4n) is 8.47. The van der Waals surface area contributed by atoms with E-state index in [0.717, 1.165) is 50.4 Å². The zero-order valence-electron chi connectivity index (χ0n) is 30.0. The molecule has 0 saturated carbocycles. The van der Waals surface area contributed by atoms with Crippen molar-refractivity contribution >= 4 is 21.8 Å². The summed E-state index contributed by atoms with van der Waals surface area (Å²) in [6.07, 6.45) is 0. The van der Waals surface area contributed by atoms with E-state index in [4.69, 9.17) is 9.97 Å². The largest absolute Gasteiger partial charge is 0.309 e. The van der Waals surface area contributed by atoms with Gasteiger partial charge < -0.3 is 4.57 Å². The highest BCUT2D eigenvalue weighted by Gasteiger charge is 2.38. The van der Waals surface area contributed by atoms with E-state index in [2.05, 4.69) is 140 Å². The first-order chi connectivity index (χ1) is 26.5. The van der Waals surface area contributed by atoms with Crippen LogP contribution in [-0.4, -0.2) is 14.5 Å². The molecule has 0 radical (unpaired) electrons. The van der Waals surface area contributed by atoms with E-state index in [1.165, 1.54) is 38.5 Å². The van der Waals surface area contributed by atoms with Gasteiger partial charge in [-0.25, -0.2) is 9.97 Å². The SMILES string of the molecule is CC1(C)c2ccccc2-c2ccc3c4ccccc4n(-c4cc(-c5cccc(C#N)c5)cc(-c5nc(-c6ccccc6)cc(-c6ccccc6)n5)c4)c3c21. The van der Waals surface area contributed by atoms with Crippen molar-refractivity contribution in [3.8, 4) is 67.9 Å². The lowest BCUT2D eigenvalue weighted by Gasteiger charge is -2.24. The topological polar surface area (TPSA) is 54.5 Å². The van der Waals surface area contributed by atoms with Crippen LogP contribution in [0.2, 0.25) is 0 Å². The number of nitrogens with zero attached hydrogens (tertiary/aromatic N) is 4. The summed E-state index contributed by atoms with van der Waals surface area (Å²) in [6, 6.07) is 61.6. The second-order valence-electron chi connectivity index (χ2n) is 14.6. The summed E-state index contributed by atoms with van der Waals surface area (Å²) in [4.78, 5) is 10.5.